The zero-order valence-electron chi connectivity index (χ0n) is 10.8. The summed E-state index contributed by atoms with van der Waals surface area (Å²) in [4.78, 5) is 16.7. The van der Waals surface area contributed by atoms with E-state index < -0.39 is 5.97 Å². The third-order valence-electron chi connectivity index (χ3n) is 3.60. The highest BCUT2D eigenvalue weighted by atomic mass is 32.1. The number of hydrogen-bond acceptors (Lipinski definition) is 3. The summed E-state index contributed by atoms with van der Waals surface area (Å²) < 4.78 is 12.9. The third kappa shape index (κ3) is 2.72. The van der Waals surface area contributed by atoms with Gasteiger partial charge in [0.05, 0.1) is 16.6 Å². The molecule has 0 amide bonds. The van der Waals surface area contributed by atoms with Crippen LogP contribution in [0.2, 0.25) is 0 Å². The first-order valence-electron chi connectivity index (χ1n) is 6.56. The average Bonchev–Trinajstić information content (AvgIpc) is 2.82. The summed E-state index contributed by atoms with van der Waals surface area (Å²) in [6, 6.07) is 6.41. The highest BCUT2D eigenvalue weighted by Gasteiger charge is 2.27. The van der Waals surface area contributed by atoms with Crippen LogP contribution >= 0.6 is 11.3 Å². The second kappa shape index (κ2) is 5.32. The Morgan fingerprint density at radius 3 is 2.85 bits per heavy atom. The van der Waals surface area contributed by atoms with E-state index in [0.717, 1.165) is 27.6 Å². The fraction of sp³-hybridized carbons (Fsp3) is 0.333. The molecule has 0 fully saturated rings. The Hall–Kier alpha value is -1.75. The molecule has 3 nitrogen and oxygen atoms in total. The maximum Gasteiger partial charge on any atom is 0.306 e. The number of aliphatic carboxylic acids is 1. The van der Waals surface area contributed by atoms with Crippen LogP contribution in [-0.2, 0) is 24.1 Å². The molecule has 1 atom stereocenters. The number of thiazole rings is 1. The largest absolute Gasteiger partial charge is 0.481 e. The van der Waals surface area contributed by atoms with Gasteiger partial charge >= 0.3 is 5.97 Å². The summed E-state index contributed by atoms with van der Waals surface area (Å²) in [7, 11) is 0. The van der Waals surface area contributed by atoms with E-state index in [1.165, 1.54) is 12.1 Å². The van der Waals surface area contributed by atoms with Crippen molar-refractivity contribution in [1.29, 1.82) is 0 Å². The first-order valence-corrected chi connectivity index (χ1v) is 7.38. The molecule has 0 saturated heterocycles. The molecule has 0 bridgehead atoms. The lowest BCUT2D eigenvalue weighted by atomic mass is 9.91. The number of carboxylic acid groups (broad SMARTS) is 1. The van der Waals surface area contributed by atoms with Crippen molar-refractivity contribution in [3.8, 4) is 0 Å². The van der Waals surface area contributed by atoms with E-state index in [4.69, 9.17) is 5.11 Å². The smallest absolute Gasteiger partial charge is 0.306 e. The van der Waals surface area contributed by atoms with Gasteiger partial charge in [0.15, 0.2) is 0 Å². The molecule has 1 aliphatic carbocycles. The molecule has 20 heavy (non-hydrogen) atoms. The van der Waals surface area contributed by atoms with Crippen LogP contribution in [0.3, 0.4) is 0 Å². The Bertz CT molecular complexity index is 636. The topological polar surface area (TPSA) is 50.2 Å². The molecular formula is C15H14FNO2S. The standard InChI is InChI=1S/C15H14FNO2S/c16-11-4-1-9(2-5-11)7-14-17-12-6-3-10(15(18)19)8-13(12)20-14/h1-2,4-5,10H,3,6-8H2,(H,18,19). The van der Waals surface area contributed by atoms with Crippen molar-refractivity contribution >= 4 is 17.3 Å². The normalized spacial score (nSPS) is 17.8. The van der Waals surface area contributed by atoms with E-state index >= 15 is 0 Å². The van der Waals surface area contributed by atoms with E-state index in [1.807, 2.05) is 0 Å². The minimum Gasteiger partial charge on any atom is -0.481 e. The molecule has 1 heterocycles. The van der Waals surface area contributed by atoms with Gasteiger partial charge in [0.2, 0.25) is 0 Å². The molecule has 0 radical (unpaired) electrons. The monoisotopic (exact) mass is 291 g/mol. The quantitative estimate of drug-likeness (QED) is 0.945. The molecular weight excluding hydrogens is 277 g/mol. The molecule has 104 valence electrons. The Morgan fingerprint density at radius 1 is 1.40 bits per heavy atom. The van der Waals surface area contributed by atoms with Crippen LogP contribution < -0.4 is 0 Å². The van der Waals surface area contributed by atoms with Crippen LogP contribution in [0.1, 0.15) is 27.6 Å². The van der Waals surface area contributed by atoms with Gasteiger partial charge < -0.3 is 5.11 Å². The van der Waals surface area contributed by atoms with Gasteiger partial charge in [0.25, 0.3) is 0 Å². The molecule has 1 unspecified atom stereocenters. The first kappa shape index (κ1) is 13.2. The summed E-state index contributed by atoms with van der Waals surface area (Å²) in [5, 5.41) is 10.1. The van der Waals surface area contributed by atoms with Gasteiger partial charge in [0, 0.05) is 11.3 Å². The van der Waals surface area contributed by atoms with E-state index in [9.17, 15) is 9.18 Å². The molecule has 1 aromatic heterocycles. The average molecular weight is 291 g/mol. The fourth-order valence-corrected chi connectivity index (χ4v) is 3.72. The Morgan fingerprint density at radius 2 is 2.15 bits per heavy atom. The van der Waals surface area contributed by atoms with Gasteiger partial charge in [-0.15, -0.1) is 11.3 Å². The molecule has 2 aromatic rings. The molecule has 3 rings (SSSR count). The van der Waals surface area contributed by atoms with Crippen LogP contribution in [0.4, 0.5) is 4.39 Å². The third-order valence-corrected chi connectivity index (χ3v) is 4.72. The number of carboxylic acids is 1. The second-order valence-electron chi connectivity index (χ2n) is 5.06. The lowest BCUT2D eigenvalue weighted by molar-refractivity contribution is -0.142. The number of nitrogens with zero attached hydrogens (tertiary/aromatic N) is 1. The van der Waals surface area contributed by atoms with Crippen molar-refractivity contribution in [2.45, 2.75) is 25.7 Å². The Labute approximate surface area is 120 Å². The summed E-state index contributed by atoms with van der Waals surface area (Å²) in [5.74, 6) is -1.23. The number of hydrogen-bond donors (Lipinski definition) is 1. The highest BCUT2D eigenvalue weighted by Crippen LogP contribution is 2.31. The van der Waals surface area contributed by atoms with Crippen LogP contribution in [0, 0.1) is 11.7 Å². The summed E-state index contributed by atoms with van der Waals surface area (Å²) >= 11 is 1.59. The molecule has 0 aliphatic heterocycles. The van der Waals surface area contributed by atoms with Crippen molar-refractivity contribution < 1.29 is 14.3 Å². The van der Waals surface area contributed by atoms with E-state index in [1.54, 1.807) is 23.5 Å². The van der Waals surface area contributed by atoms with Crippen molar-refractivity contribution in [2.75, 3.05) is 0 Å². The number of aromatic nitrogens is 1. The van der Waals surface area contributed by atoms with Gasteiger partial charge in [-0.25, -0.2) is 9.37 Å². The van der Waals surface area contributed by atoms with Gasteiger partial charge in [0.1, 0.15) is 5.82 Å². The van der Waals surface area contributed by atoms with Gasteiger partial charge in [-0.1, -0.05) is 12.1 Å². The zero-order valence-corrected chi connectivity index (χ0v) is 11.6. The fourth-order valence-electron chi connectivity index (χ4n) is 2.49. The maximum absolute atomic E-state index is 12.9. The Kier molecular flexibility index (Phi) is 3.53. The minimum atomic E-state index is -0.718. The minimum absolute atomic E-state index is 0.239. The number of benzene rings is 1. The highest BCUT2D eigenvalue weighted by molar-refractivity contribution is 7.11. The predicted octanol–water partition coefficient (Wildman–Crippen LogP) is 3.06. The lowest BCUT2D eigenvalue weighted by Gasteiger charge is -2.16. The zero-order chi connectivity index (χ0) is 14.1. The van der Waals surface area contributed by atoms with Crippen LogP contribution in [0.25, 0.3) is 0 Å². The molecule has 1 aromatic carbocycles. The van der Waals surface area contributed by atoms with Crippen molar-refractivity contribution in [1.82, 2.24) is 4.98 Å². The first-order chi connectivity index (χ1) is 9.61. The molecule has 0 saturated carbocycles. The number of halogens is 1. The van der Waals surface area contributed by atoms with Crippen molar-refractivity contribution in [3.63, 3.8) is 0 Å². The molecule has 0 spiro atoms. The summed E-state index contributed by atoms with van der Waals surface area (Å²) in [5.41, 5.74) is 2.07. The predicted molar refractivity (Wildman–Crippen MR) is 74.5 cm³/mol. The van der Waals surface area contributed by atoms with Gasteiger partial charge in [-0.05, 0) is 37.0 Å². The van der Waals surface area contributed by atoms with Crippen molar-refractivity contribution in [2.24, 2.45) is 5.92 Å². The summed E-state index contributed by atoms with van der Waals surface area (Å²) in [6.45, 7) is 0. The van der Waals surface area contributed by atoms with Crippen LogP contribution in [0.5, 0.6) is 0 Å². The van der Waals surface area contributed by atoms with Gasteiger partial charge in [-0.2, -0.15) is 0 Å². The second-order valence-corrected chi connectivity index (χ2v) is 6.23. The Balaban J connectivity index is 1.77. The van der Waals surface area contributed by atoms with Gasteiger partial charge in [-0.3, -0.25) is 4.79 Å². The number of fused-ring (bicyclic) bond motifs is 1. The maximum atomic E-state index is 12.9. The van der Waals surface area contributed by atoms with Crippen LogP contribution in [-0.4, -0.2) is 16.1 Å². The number of aryl methyl sites for hydroxylation is 1. The van der Waals surface area contributed by atoms with E-state index in [-0.39, 0.29) is 11.7 Å². The van der Waals surface area contributed by atoms with Crippen LogP contribution in [0.15, 0.2) is 24.3 Å². The molecule has 1 N–H and O–H groups in total. The van der Waals surface area contributed by atoms with E-state index in [2.05, 4.69) is 4.98 Å². The number of rotatable bonds is 3. The summed E-state index contributed by atoms with van der Waals surface area (Å²) in [6.07, 6.45) is 2.68. The van der Waals surface area contributed by atoms with E-state index in [0.29, 0.717) is 19.3 Å². The SMILES string of the molecule is O=C(O)C1CCc2nc(Cc3ccc(F)cc3)sc2C1. The number of carbonyl (C=O) groups is 1. The molecule has 1 aliphatic rings. The lowest BCUT2D eigenvalue weighted by Crippen LogP contribution is -2.21. The molecule has 5 heteroatoms. The van der Waals surface area contributed by atoms with Crippen molar-refractivity contribution in [3.05, 3.63) is 51.2 Å².